The van der Waals surface area contributed by atoms with Crippen LogP contribution in [0.2, 0.25) is 0 Å². The van der Waals surface area contributed by atoms with Crippen molar-refractivity contribution in [1.29, 1.82) is 0 Å². The van der Waals surface area contributed by atoms with E-state index in [0.29, 0.717) is 64.1 Å². The molecular weight excluding hydrogens is 543 g/mol. The van der Waals surface area contributed by atoms with E-state index in [4.69, 9.17) is 14.5 Å². The summed E-state index contributed by atoms with van der Waals surface area (Å²) < 4.78 is 52.4. The number of ether oxygens (including phenoxy) is 2. The van der Waals surface area contributed by atoms with Gasteiger partial charge in [-0.15, -0.1) is 0 Å². The van der Waals surface area contributed by atoms with Crippen LogP contribution in [-0.2, 0) is 17.5 Å². The fraction of sp³-hybridized carbons (Fsp3) is 0.515. The second-order valence-corrected chi connectivity index (χ2v) is 11.9. The highest BCUT2D eigenvalue weighted by Gasteiger charge is 2.32. The molecule has 9 heteroatoms. The largest absolute Gasteiger partial charge is 0.493 e. The van der Waals surface area contributed by atoms with Gasteiger partial charge in [-0.2, -0.15) is 13.2 Å². The Hall–Kier alpha value is -3.17. The first-order chi connectivity index (χ1) is 20.1. The third kappa shape index (κ3) is 6.89. The molecule has 2 aromatic carbocycles. The van der Waals surface area contributed by atoms with Gasteiger partial charge in [0.25, 0.3) is 0 Å². The fourth-order valence-corrected chi connectivity index (χ4v) is 6.16. The third-order valence-electron chi connectivity index (χ3n) is 8.34. The molecular formula is C33H40F3N3O3. The maximum Gasteiger partial charge on any atom is 0.416 e. The van der Waals surface area contributed by atoms with Crippen LogP contribution in [0, 0.1) is 5.92 Å². The Morgan fingerprint density at radius 1 is 1.02 bits per heavy atom. The second-order valence-electron chi connectivity index (χ2n) is 11.9. The van der Waals surface area contributed by atoms with E-state index in [9.17, 15) is 18.0 Å². The number of esters is 1. The number of carbonyl (C=O) groups is 1. The van der Waals surface area contributed by atoms with Crippen molar-refractivity contribution in [3.05, 3.63) is 59.2 Å². The molecule has 0 bridgehead atoms. The molecule has 0 radical (unpaired) electrons. The number of fused-ring (bicyclic) bond motifs is 1. The Bertz CT molecular complexity index is 1390. The van der Waals surface area contributed by atoms with Crippen LogP contribution in [0.4, 0.5) is 13.2 Å². The Morgan fingerprint density at radius 2 is 1.76 bits per heavy atom. The summed E-state index contributed by atoms with van der Waals surface area (Å²) in [5.74, 6) is 0.355. The minimum atomic E-state index is -4.51. The number of rotatable bonds is 8. The maximum absolute atomic E-state index is 13.7. The van der Waals surface area contributed by atoms with Crippen LogP contribution < -0.4 is 4.74 Å². The first-order valence-corrected chi connectivity index (χ1v) is 15.0. The van der Waals surface area contributed by atoms with E-state index in [1.165, 1.54) is 32.4 Å². The standard InChI is InChI=1S/C33H40F3N3O3/c1-22(2)21-42-26-10-11-27-29(19-26)37-31(23-8-7-9-24(18-23)33(34,35)36)28(30(27)32(40)41-3)20-38-16-12-25(13-17-38)39-14-5-4-6-15-39/h7-11,18-19,22,25H,4-6,12-17,20-21H2,1-3H3. The summed E-state index contributed by atoms with van der Waals surface area (Å²) in [5, 5.41) is 0.590. The van der Waals surface area contributed by atoms with Crippen molar-refractivity contribution < 1.29 is 27.4 Å². The minimum Gasteiger partial charge on any atom is -0.493 e. The highest BCUT2D eigenvalue weighted by atomic mass is 19.4. The Kier molecular flexibility index (Phi) is 9.38. The number of alkyl halides is 3. The summed E-state index contributed by atoms with van der Waals surface area (Å²) in [6.45, 7) is 8.94. The van der Waals surface area contributed by atoms with Gasteiger partial charge < -0.3 is 14.4 Å². The number of halogens is 3. The van der Waals surface area contributed by atoms with Gasteiger partial charge in [-0.1, -0.05) is 32.4 Å². The first-order valence-electron chi connectivity index (χ1n) is 15.0. The molecule has 2 fully saturated rings. The molecule has 42 heavy (non-hydrogen) atoms. The van der Waals surface area contributed by atoms with Crippen LogP contribution in [0.3, 0.4) is 0 Å². The van der Waals surface area contributed by atoms with E-state index in [2.05, 4.69) is 9.80 Å². The smallest absolute Gasteiger partial charge is 0.416 e. The Morgan fingerprint density at radius 3 is 2.43 bits per heavy atom. The molecule has 0 saturated carbocycles. The lowest BCUT2D eigenvalue weighted by Crippen LogP contribution is -2.46. The third-order valence-corrected chi connectivity index (χ3v) is 8.34. The number of aromatic nitrogens is 1. The molecule has 3 heterocycles. The van der Waals surface area contributed by atoms with Crippen molar-refractivity contribution in [3.8, 4) is 17.0 Å². The summed E-state index contributed by atoms with van der Waals surface area (Å²) in [6.07, 6.45) is 1.32. The molecule has 0 amide bonds. The van der Waals surface area contributed by atoms with E-state index >= 15 is 0 Å². The number of pyridine rings is 1. The summed E-state index contributed by atoms with van der Waals surface area (Å²) in [4.78, 5) is 23.2. The predicted molar refractivity (Wildman–Crippen MR) is 158 cm³/mol. The van der Waals surface area contributed by atoms with Crippen molar-refractivity contribution >= 4 is 16.9 Å². The average molecular weight is 584 g/mol. The number of likely N-dealkylation sites (tertiary alicyclic amines) is 2. The monoisotopic (exact) mass is 583 g/mol. The molecule has 2 aliphatic rings. The molecule has 0 aliphatic carbocycles. The number of hydrogen-bond acceptors (Lipinski definition) is 6. The van der Waals surface area contributed by atoms with Crippen LogP contribution in [0.25, 0.3) is 22.2 Å². The second kappa shape index (κ2) is 13.0. The van der Waals surface area contributed by atoms with E-state index < -0.39 is 17.7 Å². The molecule has 5 rings (SSSR count). The predicted octanol–water partition coefficient (Wildman–Crippen LogP) is 7.19. The molecule has 1 aromatic heterocycles. The molecule has 0 N–H and O–H groups in total. The van der Waals surface area contributed by atoms with E-state index in [-0.39, 0.29) is 0 Å². The molecule has 226 valence electrons. The quantitative estimate of drug-likeness (QED) is 0.262. The van der Waals surface area contributed by atoms with E-state index in [1.807, 2.05) is 13.8 Å². The van der Waals surface area contributed by atoms with Crippen LogP contribution >= 0.6 is 0 Å². The highest BCUT2D eigenvalue weighted by Crippen LogP contribution is 2.37. The van der Waals surface area contributed by atoms with Crippen LogP contribution in [0.5, 0.6) is 5.75 Å². The number of methoxy groups -OCH3 is 1. The summed E-state index contributed by atoms with van der Waals surface area (Å²) in [5.41, 5.74) is 1.29. The SMILES string of the molecule is COC(=O)c1c(CN2CCC(N3CCCCC3)CC2)c(-c2cccc(C(F)(F)F)c2)nc2cc(OCC(C)C)ccc12. The normalized spacial score (nSPS) is 17.6. The van der Waals surface area contributed by atoms with Crippen molar-refractivity contribution in [2.75, 3.05) is 39.9 Å². The van der Waals surface area contributed by atoms with Crippen LogP contribution in [0.1, 0.15) is 67.4 Å². The van der Waals surface area contributed by atoms with Gasteiger partial charge in [0, 0.05) is 35.2 Å². The summed E-state index contributed by atoms with van der Waals surface area (Å²) in [7, 11) is 1.33. The van der Waals surface area contributed by atoms with Gasteiger partial charge in [0.2, 0.25) is 0 Å². The van der Waals surface area contributed by atoms with Gasteiger partial charge >= 0.3 is 12.1 Å². The molecule has 2 saturated heterocycles. The topological polar surface area (TPSA) is 54.9 Å². The van der Waals surface area contributed by atoms with Crippen molar-refractivity contribution in [3.63, 3.8) is 0 Å². The molecule has 6 nitrogen and oxygen atoms in total. The average Bonchev–Trinajstić information content (AvgIpc) is 2.99. The molecule has 0 spiro atoms. The Labute approximate surface area is 245 Å². The molecule has 0 unspecified atom stereocenters. The van der Waals surface area contributed by atoms with Gasteiger partial charge in [-0.25, -0.2) is 9.78 Å². The first kappa shape index (κ1) is 30.3. The highest BCUT2D eigenvalue weighted by molar-refractivity contribution is 6.06. The zero-order chi connectivity index (χ0) is 29.9. The summed E-state index contributed by atoms with van der Waals surface area (Å²) >= 11 is 0. The van der Waals surface area contributed by atoms with Gasteiger partial charge in [0.1, 0.15) is 5.75 Å². The lowest BCUT2D eigenvalue weighted by atomic mass is 9.94. The molecule has 3 aromatic rings. The lowest BCUT2D eigenvalue weighted by molar-refractivity contribution is -0.137. The van der Waals surface area contributed by atoms with Gasteiger partial charge in [-0.3, -0.25) is 4.90 Å². The fourth-order valence-electron chi connectivity index (χ4n) is 6.16. The number of nitrogens with zero attached hydrogens (tertiary/aromatic N) is 3. The van der Waals surface area contributed by atoms with Crippen molar-refractivity contribution in [2.45, 2.75) is 64.7 Å². The van der Waals surface area contributed by atoms with E-state index in [1.54, 1.807) is 24.3 Å². The van der Waals surface area contributed by atoms with Crippen LogP contribution in [-0.4, -0.2) is 66.7 Å². The van der Waals surface area contributed by atoms with Crippen LogP contribution in [0.15, 0.2) is 42.5 Å². The minimum absolute atomic E-state index is 0.307. The molecule has 0 atom stereocenters. The lowest BCUT2D eigenvalue weighted by Gasteiger charge is -2.40. The van der Waals surface area contributed by atoms with Gasteiger partial charge in [-0.05, 0) is 82.0 Å². The number of carbonyl (C=O) groups excluding carboxylic acids is 1. The van der Waals surface area contributed by atoms with Crippen molar-refractivity contribution in [1.82, 2.24) is 14.8 Å². The van der Waals surface area contributed by atoms with Gasteiger partial charge in [0.15, 0.2) is 0 Å². The number of piperidine rings is 2. The Balaban J connectivity index is 1.57. The maximum atomic E-state index is 13.7. The zero-order valence-electron chi connectivity index (χ0n) is 24.7. The number of hydrogen-bond donors (Lipinski definition) is 0. The number of benzene rings is 2. The molecule has 2 aliphatic heterocycles. The van der Waals surface area contributed by atoms with E-state index in [0.717, 1.165) is 51.2 Å². The van der Waals surface area contributed by atoms with Gasteiger partial charge in [0.05, 0.1) is 36.1 Å². The summed E-state index contributed by atoms with van der Waals surface area (Å²) in [6, 6.07) is 11.1. The van der Waals surface area contributed by atoms with Crippen molar-refractivity contribution in [2.24, 2.45) is 5.92 Å². The zero-order valence-corrected chi connectivity index (χ0v) is 24.7.